The molecule has 0 fully saturated rings. The van der Waals surface area contributed by atoms with Gasteiger partial charge in [0.05, 0.1) is 0 Å². The summed E-state index contributed by atoms with van der Waals surface area (Å²) in [6.07, 6.45) is 0.887. The van der Waals surface area contributed by atoms with Gasteiger partial charge in [-0.1, -0.05) is 54.9 Å². The van der Waals surface area contributed by atoms with E-state index in [0.29, 0.717) is 5.92 Å². The van der Waals surface area contributed by atoms with E-state index in [9.17, 15) is 0 Å². The second-order valence-corrected chi connectivity index (χ2v) is 6.41. The molecular formula is C18H22BrNO. The Morgan fingerprint density at radius 2 is 1.71 bits per heavy atom. The average Bonchev–Trinajstić information content (AvgIpc) is 2.48. The van der Waals surface area contributed by atoms with Gasteiger partial charge in [-0.15, -0.1) is 0 Å². The van der Waals surface area contributed by atoms with Crippen molar-refractivity contribution in [1.29, 1.82) is 0 Å². The quantitative estimate of drug-likeness (QED) is 0.744. The van der Waals surface area contributed by atoms with Crippen molar-refractivity contribution < 1.29 is 4.74 Å². The van der Waals surface area contributed by atoms with Crippen LogP contribution in [-0.2, 0) is 0 Å². The van der Waals surface area contributed by atoms with E-state index in [1.165, 1.54) is 5.56 Å². The summed E-state index contributed by atoms with van der Waals surface area (Å²) in [5.41, 5.74) is 8.42. The second kappa shape index (κ2) is 7.10. The van der Waals surface area contributed by atoms with Gasteiger partial charge in [0.15, 0.2) is 0 Å². The number of para-hydroxylation sites is 1. The SMILES string of the molecule is CCC(N)c1ccccc1Oc1ccc(Br)cc1C(C)C. The number of benzene rings is 2. The topological polar surface area (TPSA) is 35.2 Å². The highest BCUT2D eigenvalue weighted by atomic mass is 79.9. The third-order valence-electron chi connectivity index (χ3n) is 3.57. The summed E-state index contributed by atoms with van der Waals surface area (Å²) in [5.74, 6) is 2.13. The van der Waals surface area contributed by atoms with Gasteiger partial charge in [0.1, 0.15) is 11.5 Å². The first-order valence-corrected chi connectivity index (χ1v) is 8.14. The standard InChI is InChI=1S/C18H22BrNO/c1-4-16(20)14-7-5-6-8-17(14)21-18-10-9-13(19)11-15(18)12(2)3/h5-12,16H,4,20H2,1-3H3. The maximum Gasteiger partial charge on any atom is 0.132 e. The third kappa shape index (κ3) is 3.86. The van der Waals surface area contributed by atoms with Gasteiger partial charge >= 0.3 is 0 Å². The largest absolute Gasteiger partial charge is 0.457 e. The predicted octanol–water partition coefficient (Wildman–Crippen LogP) is 5.77. The van der Waals surface area contributed by atoms with Crippen LogP contribution in [0.15, 0.2) is 46.9 Å². The van der Waals surface area contributed by atoms with Crippen LogP contribution in [0.4, 0.5) is 0 Å². The highest BCUT2D eigenvalue weighted by Crippen LogP contribution is 2.35. The van der Waals surface area contributed by atoms with Crippen LogP contribution in [0.2, 0.25) is 0 Å². The first-order chi connectivity index (χ1) is 10.0. The molecule has 0 bridgehead atoms. The van der Waals surface area contributed by atoms with Crippen LogP contribution in [0.3, 0.4) is 0 Å². The zero-order valence-corrected chi connectivity index (χ0v) is 14.4. The third-order valence-corrected chi connectivity index (χ3v) is 4.07. The molecule has 2 N–H and O–H groups in total. The lowest BCUT2D eigenvalue weighted by Crippen LogP contribution is -2.10. The molecule has 0 radical (unpaired) electrons. The zero-order chi connectivity index (χ0) is 15.4. The van der Waals surface area contributed by atoms with Crippen LogP contribution in [0.5, 0.6) is 11.5 Å². The van der Waals surface area contributed by atoms with E-state index >= 15 is 0 Å². The minimum absolute atomic E-state index is 0.000789. The minimum atomic E-state index is -0.000789. The van der Waals surface area contributed by atoms with E-state index in [-0.39, 0.29) is 6.04 Å². The summed E-state index contributed by atoms with van der Waals surface area (Å²) in [5, 5.41) is 0. The molecule has 3 heteroatoms. The number of hydrogen-bond acceptors (Lipinski definition) is 2. The average molecular weight is 348 g/mol. The van der Waals surface area contributed by atoms with Crippen molar-refractivity contribution in [1.82, 2.24) is 0 Å². The maximum atomic E-state index is 6.18. The van der Waals surface area contributed by atoms with Crippen molar-refractivity contribution in [2.24, 2.45) is 5.73 Å². The van der Waals surface area contributed by atoms with Gasteiger partial charge in [-0.2, -0.15) is 0 Å². The molecule has 0 aromatic heterocycles. The van der Waals surface area contributed by atoms with Gasteiger partial charge in [-0.25, -0.2) is 0 Å². The van der Waals surface area contributed by atoms with Gasteiger partial charge in [-0.3, -0.25) is 0 Å². The van der Waals surface area contributed by atoms with Crippen LogP contribution in [0.25, 0.3) is 0 Å². The van der Waals surface area contributed by atoms with E-state index in [0.717, 1.165) is 28.0 Å². The lowest BCUT2D eigenvalue weighted by molar-refractivity contribution is 0.460. The van der Waals surface area contributed by atoms with E-state index in [2.05, 4.69) is 42.8 Å². The molecule has 1 unspecified atom stereocenters. The van der Waals surface area contributed by atoms with E-state index in [1.807, 2.05) is 36.4 Å². The van der Waals surface area contributed by atoms with Gasteiger partial charge < -0.3 is 10.5 Å². The maximum absolute atomic E-state index is 6.18. The Morgan fingerprint density at radius 3 is 2.38 bits per heavy atom. The molecule has 21 heavy (non-hydrogen) atoms. The van der Waals surface area contributed by atoms with Gasteiger partial charge in [-0.05, 0) is 42.2 Å². The molecule has 0 aliphatic rings. The summed E-state index contributed by atoms with van der Waals surface area (Å²) in [4.78, 5) is 0. The Bertz CT molecular complexity index is 610. The fraction of sp³-hybridized carbons (Fsp3) is 0.333. The molecule has 0 aliphatic heterocycles. The van der Waals surface area contributed by atoms with Crippen LogP contribution in [0, 0.1) is 0 Å². The number of ether oxygens (including phenoxy) is 1. The first kappa shape index (κ1) is 16.1. The van der Waals surface area contributed by atoms with Crippen LogP contribution in [-0.4, -0.2) is 0 Å². The molecule has 1 atom stereocenters. The highest BCUT2D eigenvalue weighted by Gasteiger charge is 2.14. The van der Waals surface area contributed by atoms with Crippen LogP contribution in [0.1, 0.15) is 50.3 Å². The lowest BCUT2D eigenvalue weighted by atomic mass is 10.0. The Morgan fingerprint density at radius 1 is 1.05 bits per heavy atom. The Kier molecular flexibility index (Phi) is 5.43. The lowest BCUT2D eigenvalue weighted by Gasteiger charge is -2.18. The molecule has 2 rings (SSSR count). The van der Waals surface area contributed by atoms with Gasteiger partial charge in [0, 0.05) is 16.1 Å². The molecule has 0 aliphatic carbocycles. The first-order valence-electron chi connectivity index (χ1n) is 7.34. The molecule has 112 valence electrons. The molecule has 2 nitrogen and oxygen atoms in total. The molecule has 0 amide bonds. The second-order valence-electron chi connectivity index (χ2n) is 5.49. The summed E-state index contributed by atoms with van der Waals surface area (Å²) in [6.45, 7) is 6.41. The van der Waals surface area contributed by atoms with E-state index in [1.54, 1.807) is 0 Å². The molecule has 0 spiro atoms. The number of halogens is 1. The summed E-state index contributed by atoms with van der Waals surface area (Å²) in [6, 6.07) is 14.1. The van der Waals surface area contributed by atoms with Crippen LogP contribution < -0.4 is 10.5 Å². The Hall–Kier alpha value is -1.32. The van der Waals surface area contributed by atoms with Crippen molar-refractivity contribution >= 4 is 15.9 Å². The molecule has 0 saturated carbocycles. The van der Waals surface area contributed by atoms with Crippen molar-refractivity contribution in [3.05, 3.63) is 58.1 Å². The number of hydrogen-bond donors (Lipinski definition) is 1. The molecule has 0 heterocycles. The fourth-order valence-electron chi connectivity index (χ4n) is 2.28. The molecule has 2 aromatic carbocycles. The number of nitrogens with two attached hydrogens (primary N) is 1. The van der Waals surface area contributed by atoms with Crippen molar-refractivity contribution in [3.63, 3.8) is 0 Å². The van der Waals surface area contributed by atoms with Crippen molar-refractivity contribution in [2.45, 2.75) is 39.2 Å². The Labute approximate surface area is 135 Å². The van der Waals surface area contributed by atoms with Gasteiger partial charge in [0.2, 0.25) is 0 Å². The number of rotatable bonds is 5. The van der Waals surface area contributed by atoms with E-state index < -0.39 is 0 Å². The zero-order valence-electron chi connectivity index (χ0n) is 12.8. The monoisotopic (exact) mass is 347 g/mol. The molecule has 0 saturated heterocycles. The van der Waals surface area contributed by atoms with Gasteiger partial charge in [0.25, 0.3) is 0 Å². The van der Waals surface area contributed by atoms with Crippen molar-refractivity contribution in [2.75, 3.05) is 0 Å². The summed E-state index contributed by atoms with van der Waals surface area (Å²) in [7, 11) is 0. The smallest absolute Gasteiger partial charge is 0.132 e. The molecular weight excluding hydrogens is 326 g/mol. The normalized spacial score (nSPS) is 12.5. The molecule has 2 aromatic rings. The highest BCUT2D eigenvalue weighted by molar-refractivity contribution is 9.10. The Balaban J connectivity index is 2.39. The summed E-state index contributed by atoms with van der Waals surface area (Å²) >= 11 is 3.52. The van der Waals surface area contributed by atoms with E-state index in [4.69, 9.17) is 10.5 Å². The van der Waals surface area contributed by atoms with Crippen LogP contribution >= 0.6 is 15.9 Å². The minimum Gasteiger partial charge on any atom is -0.457 e. The van der Waals surface area contributed by atoms with Crippen molar-refractivity contribution in [3.8, 4) is 11.5 Å². The fourth-order valence-corrected chi connectivity index (χ4v) is 2.66. The summed E-state index contributed by atoms with van der Waals surface area (Å²) < 4.78 is 7.25. The predicted molar refractivity (Wildman–Crippen MR) is 92.0 cm³/mol.